The van der Waals surface area contributed by atoms with Crippen molar-refractivity contribution in [3.63, 3.8) is 0 Å². The van der Waals surface area contributed by atoms with Gasteiger partial charge in [0, 0.05) is 50.7 Å². The van der Waals surface area contributed by atoms with Crippen molar-refractivity contribution in [2.45, 2.75) is 33.1 Å². The lowest BCUT2D eigenvalue weighted by molar-refractivity contribution is -0.133. The topological polar surface area (TPSA) is 52.6 Å². The summed E-state index contributed by atoms with van der Waals surface area (Å²) in [6, 6.07) is 2.00. The van der Waals surface area contributed by atoms with E-state index >= 15 is 0 Å². The van der Waals surface area contributed by atoms with Gasteiger partial charge in [-0.15, -0.1) is 0 Å². The summed E-state index contributed by atoms with van der Waals surface area (Å²) in [5, 5.41) is 0. The number of hydrogen-bond acceptors (Lipinski definition) is 5. The summed E-state index contributed by atoms with van der Waals surface area (Å²) in [5.41, 5.74) is 2.02. The van der Waals surface area contributed by atoms with Gasteiger partial charge in [-0.1, -0.05) is 0 Å². The summed E-state index contributed by atoms with van der Waals surface area (Å²) in [5.74, 6) is 1.12. The van der Waals surface area contributed by atoms with Crippen molar-refractivity contribution in [3.05, 3.63) is 17.5 Å². The van der Waals surface area contributed by atoms with E-state index in [1.165, 1.54) is 6.42 Å². The Labute approximate surface area is 138 Å². The van der Waals surface area contributed by atoms with Crippen LogP contribution in [0, 0.1) is 13.8 Å². The highest BCUT2D eigenvalue weighted by molar-refractivity contribution is 5.78. The predicted molar refractivity (Wildman–Crippen MR) is 90.6 cm³/mol. The van der Waals surface area contributed by atoms with Crippen molar-refractivity contribution >= 4 is 11.9 Å². The summed E-state index contributed by atoms with van der Waals surface area (Å²) in [6.07, 6.45) is 3.57. The van der Waals surface area contributed by atoms with Gasteiger partial charge in [0.15, 0.2) is 0 Å². The average molecular weight is 317 g/mol. The Balaban J connectivity index is 1.51. The van der Waals surface area contributed by atoms with Gasteiger partial charge in [0.1, 0.15) is 0 Å². The number of aryl methyl sites for hydroxylation is 2. The minimum Gasteiger partial charge on any atom is -0.342 e. The number of carbonyl (C=O) groups excluding carboxylic acids is 1. The summed E-state index contributed by atoms with van der Waals surface area (Å²) < 4.78 is 0. The van der Waals surface area contributed by atoms with Crippen LogP contribution in [0.4, 0.5) is 5.95 Å². The van der Waals surface area contributed by atoms with Gasteiger partial charge in [-0.3, -0.25) is 9.69 Å². The van der Waals surface area contributed by atoms with E-state index < -0.39 is 0 Å². The molecule has 0 unspecified atom stereocenters. The molecule has 2 saturated heterocycles. The van der Waals surface area contributed by atoms with Crippen molar-refractivity contribution in [1.82, 2.24) is 19.8 Å². The molecule has 0 aliphatic carbocycles. The number of aromatic nitrogens is 2. The molecule has 1 aromatic rings. The summed E-state index contributed by atoms with van der Waals surface area (Å²) >= 11 is 0. The zero-order valence-electron chi connectivity index (χ0n) is 14.3. The standard InChI is InChI=1S/C17H27N5O/c1-14-12-15(2)19-17(18-14)22-10-8-20(9-11-22)13-16(23)21-6-4-3-5-7-21/h12H,3-11,13H2,1-2H3. The molecule has 3 rings (SSSR count). The van der Waals surface area contributed by atoms with Gasteiger partial charge >= 0.3 is 0 Å². The maximum Gasteiger partial charge on any atom is 0.236 e. The van der Waals surface area contributed by atoms with Crippen LogP contribution in [0.3, 0.4) is 0 Å². The lowest BCUT2D eigenvalue weighted by Crippen LogP contribution is -2.51. The first-order chi connectivity index (χ1) is 11.1. The van der Waals surface area contributed by atoms with Gasteiger partial charge in [0.05, 0.1) is 6.54 Å². The Morgan fingerprint density at radius 2 is 1.57 bits per heavy atom. The third-order valence-corrected chi connectivity index (χ3v) is 4.69. The molecule has 23 heavy (non-hydrogen) atoms. The molecule has 0 saturated carbocycles. The van der Waals surface area contributed by atoms with Gasteiger partial charge in [0.2, 0.25) is 11.9 Å². The lowest BCUT2D eigenvalue weighted by Gasteiger charge is -2.36. The van der Waals surface area contributed by atoms with E-state index in [9.17, 15) is 4.79 Å². The Morgan fingerprint density at radius 1 is 0.957 bits per heavy atom. The molecule has 2 aliphatic heterocycles. The van der Waals surface area contributed by atoms with Gasteiger partial charge < -0.3 is 9.80 Å². The number of likely N-dealkylation sites (tertiary alicyclic amines) is 1. The number of piperidine rings is 1. The lowest BCUT2D eigenvalue weighted by atomic mass is 10.1. The summed E-state index contributed by atoms with van der Waals surface area (Å²) in [7, 11) is 0. The fourth-order valence-electron chi connectivity index (χ4n) is 3.39. The molecule has 6 nitrogen and oxygen atoms in total. The van der Waals surface area contributed by atoms with Crippen molar-refractivity contribution < 1.29 is 4.79 Å². The molecule has 0 spiro atoms. The molecule has 0 bridgehead atoms. The smallest absolute Gasteiger partial charge is 0.236 e. The van der Waals surface area contributed by atoms with Gasteiger partial charge in [-0.2, -0.15) is 0 Å². The highest BCUT2D eigenvalue weighted by Gasteiger charge is 2.23. The van der Waals surface area contributed by atoms with Crippen LogP contribution in [0.5, 0.6) is 0 Å². The first-order valence-corrected chi connectivity index (χ1v) is 8.69. The Morgan fingerprint density at radius 3 is 2.17 bits per heavy atom. The van der Waals surface area contributed by atoms with Crippen LogP contribution in [0.15, 0.2) is 6.07 Å². The number of rotatable bonds is 3. The molecular weight excluding hydrogens is 290 g/mol. The third kappa shape index (κ3) is 4.19. The van der Waals surface area contributed by atoms with E-state index in [2.05, 4.69) is 19.8 Å². The molecule has 0 radical (unpaired) electrons. The van der Waals surface area contributed by atoms with E-state index in [1.54, 1.807) is 0 Å². The van der Waals surface area contributed by atoms with Crippen molar-refractivity contribution in [2.24, 2.45) is 0 Å². The van der Waals surface area contributed by atoms with Crippen LogP contribution in [0.1, 0.15) is 30.7 Å². The van der Waals surface area contributed by atoms with Crippen molar-refractivity contribution in [2.75, 3.05) is 50.7 Å². The number of hydrogen-bond donors (Lipinski definition) is 0. The molecule has 126 valence electrons. The van der Waals surface area contributed by atoms with E-state index in [-0.39, 0.29) is 0 Å². The van der Waals surface area contributed by atoms with Crippen LogP contribution in [-0.2, 0) is 4.79 Å². The van der Waals surface area contributed by atoms with Crippen LogP contribution in [0.2, 0.25) is 0 Å². The predicted octanol–water partition coefficient (Wildman–Crippen LogP) is 1.23. The van der Waals surface area contributed by atoms with Crippen molar-refractivity contribution in [1.29, 1.82) is 0 Å². The molecule has 2 aliphatic rings. The number of anilines is 1. The molecule has 3 heterocycles. The molecule has 1 aromatic heterocycles. The fourth-order valence-corrected chi connectivity index (χ4v) is 3.39. The fraction of sp³-hybridized carbons (Fsp3) is 0.706. The van der Waals surface area contributed by atoms with E-state index in [0.717, 1.165) is 69.4 Å². The summed E-state index contributed by atoms with van der Waals surface area (Å²) in [4.78, 5) is 27.9. The Hall–Kier alpha value is -1.69. The SMILES string of the molecule is Cc1cc(C)nc(N2CCN(CC(=O)N3CCCCC3)CC2)n1. The van der Waals surface area contributed by atoms with Crippen LogP contribution >= 0.6 is 0 Å². The van der Waals surface area contributed by atoms with E-state index in [0.29, 0.717) is 12.5 Å². The molecule has 2 fully saturated rings. The summed E-state index contributed by atoms with van der Waals surface area (Å²) in [6.45, 7) is 10.0. The second-order valence-electron chi connectivity index (χ2n) is 6.66. The van der Waals surface area contributed by atoms with E-state index in [1.807, 2.05) is 24.8 Å². The van der Waals surface area contributed by atoms with Gasteiger partial charge in [-0.05, 0) is 39.2 Å². The normalized spacial score (nSPS) is 19.9. The highest BCUT2D eigenvalue weighted by atomic mass is 16.2. The van der Waals surface area contributed by atoms with Crippen LogP contribution in [0.25, 0.3) is 0 Å². The second kappa shape index (κ2) is 7.25. The average Bonchev–Trinajstić information content (AvgIpc) is 2.55. The number of carbonyl (C=O) groups is 1. The van der Waals surface area contributed by atoms with E-state index in [4.69, 9.17) is 0 Å². The number of piperazine rings is 1. The van der Waals surface area contributed by atoms with Crippen LogP contribution < -0.4 is 4.90 Å². The first kappa shape index (κ1) is 16.2. The first-order valence-electron chi connectivity index (χ1n) is 8.69. The van der Waals surface area contributed by atoms with Crippen molar-refractivity contribution in [3.8, 4) is 0 Å². The van der Waals surface area contributed by atoms with Gasteiger partial charge in [-0.25, -0.2) is 9.97 Å². The number of amides is 1. The number of nitrogens with zero attached hydrogens (tertiary/aromatic N) is 5. The Bertz CT molecular complexity index is 528. The monoisotopic (exact) mass is 317 g/mol. The van der Waals surface area contributed by atoms with Crippen LogP contribution in [-0.4, -0.2) is 71.5 Å². The molecule has 1 amide bonds. The minimum atomic E-state index is 0.292. The molecule has 0 N–H and O–H groups in total. The second-order valence-corrected chi connectivity index (χ2v) is 6.66. The van der Waals surface area contributed by atoms with Gasteiger partial charge in [0.25, 0.3) is 0 Å². The zero-order valence-corrected chi connectivity index (χ0v) is 14.3. The highest BCUT2D eigenvalue weighted by Crippen LogP contribution is 2.14. The maximum atomic E-state index is 12.4. The molecule has 0 atom stereocenters. The Kier molecular flexibility index (Phi) is 5.10. The quantitative estimate of drug-likeness (QED) is 0.839. The molecule has 6 heteroatoms. The molecule has 0 aromatic carbocycles. The maximum absolute atomic E-state index is 12.4. The minimum absolute atomic E-state index is 0.292. The largest absolute Gasteiger partial charge is 0.342 e. The molecular formula is C17H27N5O. The zero-order chi connectivity index (χ0) is 16.2. The third-order valence-electron chi connectivity index (χ3n) is 4.69.